The van der Waals surface area contributed by atoms with Gasteiger partial charge in [-0.3, -0.25) is 4.79 Å². The van der Waals surface area contributed by atoms with Crippen LogP contribution in [0.1, 0.15) is 51.4 Å². The number of carbonyl (C=O) groups is 1. The van der Waals surface area contributed by atoms with Crippen LogP contribution in [0.25, 0.3) is 0 Å². The molecule has 3 fully saturated rings. The molecule has 2 nitrogen and oxygen atoms in total. The van der Waals surface area contributed by atoms with E-state index in [4.69, 9.17) is 4.74 Å². The highest BCUT2D eigenvalue weighted by molar-refractivity contribution is 8.00. The van der Waals surface area contributed by atoms with E-state index in [1.54, 1.807) is 0 Å². The van der Waals surface area contributed by atoms with E-state index in [9.17, 15) is 4.79 Å². The summed E-state index contributed by atoms with van der Waals surface area (Å²) in [5.74, 6) is 2.04. The molecule has 17 heavy (non-hydrogen) atoms. The van der Waals surface area contributed by atoms with Crippen LogP contribution < -0.4 is 0 Å². The van der Waals surface area contributed by atoms with Gasteiger partial charge in [-0.15, -0.1) is 0 Å². The predicted octanol–water partition coefficient (Wildman–Crippen LogP) is 3.19. The Hall–Kier alpha value is -0.0200. The number of thioether (sulfide) groups is 1. The molecule has 0 N–H and O–H groups in total. The lowest BCUT2D eigenvalue weighted by atomic mass is 9.71. The molecule has 2 heterocycles. The van der Waals surface area contributed by atoms with Gasteiger partial charge in [0.25, 0.3) is 0 Å². The Morgan fingerprint density at radius 2 is 2.06 bits per heavy atom. The molecule has 0 radical (unpaired) electrons. The van der Waals surface area contributed by atoms with Crippen LogP contribution in [0.2, 0.25) is 0 Å². The van der Waals surface area contributed by atoms with Gasteiger partial charge in [0.2, 0.25) is 0 Å². The number of carbonyl (C=O) groups excluding carboxylic acids is 1. The van der Waals surface area contributed by atoms with Crippen LogP contribution >= 0.6 is 11.8 Å². The van der Waals surface area contributed by atoms with Crippen molar-refractivity contribution in [2.75, 3.05) is 12.4 Å². The highest BCUT2D eigenvalue weighted by Gasteiger charge is 2.45. The van der Waals surface area contributed by atoms with Crippen molar-refractivity contribution in [2.24, 2.45) is 5.92 Å². The minimum atomic E-state index is 0.123. The second kappa shape index (κ2) is 4.93. The van der Waals surface area contributed by atoms with E-state index >= 15 is 0 Å². The minimum absolute atomic E-state index is 0.123. The molecule has 2 atom stereocenters. The topological polar surface area (TPSA) is 26.3 Å². The number of hydrogen-bond acceptors (Lipinski definition) is 3. The average Bonchev–Trinajstić information content (AvgIpc) is 2.37. The molecule has 0 amide bonds. The second-order valence-electron chi connectivity index (χ2n) is 5.83. The molecule has 0 aromatic rings. The summed E-state index contributed by atoms with van der Waals surface area (Å²) in [5, 5.41) is 0.309. The zero-order valence-electron chi connectivity index (χ0n) is 10.5. The number of ether oxygens (including phenoxy) is 1. The molecule has 0 aromatic heterocycles. The van der Waals surface area contributed by atoms with E-state index in [1.807, 2.05) is 11.8 Å². The van der Waals surface area contributed by atoms with Gasteiger partial charge in [-0.1, -0.05) is 6.42 Å². The summed E-state index contributed by atoms with van der Waals surface area (Å²) >= 11 is 1.90. The number of Topliss-reactive ketones (excluding diaryl/α,β-unsaturated/α-hetero) is 1. The van der Waals surface area contributed by atoms with E-state index < -0.39 is 0 Å². The van der Waals surface area contributed by atoms with Gasteiger partial charge in [-0.2, -0.15) is 11.8 Å². The van der Waals surface area contributed by atoms with Crippen LogP contribution in [-0.4, -0.2) is 29.0 Å². The standard InChI is InChI=1S/C14H22O2S/c15-13(12-4-1-2-9-17-12)11-5-8-16-14(10-11)6-3-7-14/h11-12H,1-10H2. The lowest BCUT2D eigenvalue weighted by molar-refractivity contribution is -0.155. The van der Waals surface area contributed by atoms with E-state index in [0.29, 0.717) is 17.0 Å². The fraction of sp³-hybridized carbons (Fsp3) is 0.929. The minimum Gasteiger partial charge on any atom is -0.375 e. The molecule has 3 heteroatoms. The number of ketones is 1. The molecule has 96 valence electrons. The first kappa shape index (κ1) is 12.0. The zero-order chi connectivity index (χ0) is 11.7. The maximum atomic E-state index is 12.5. The van der Waals surface area contributed by atoms with Gasteiger partial charge >= 0.3 is 0 Å². The summed E-state index contributed by atoms with van der Waals surface area (Å²) in [6.45, 7) is 0.813. The molecular weight excluding hydrogens is 232 g/mol. The summed E-state index contributed by atoms with van der Waals surface area (Å²) in [5.41, 5.74) is 0.123. The van der Waals surface area contributed by atoms with Crippen LogP contribution in [0, 0.1) is 5.92 Å². The van der Waals surface area contributed by atoms with Gasteiger partial charge in [0.05, 0.1) is 10.9 Å². The SMILES string of the molecule is O=C(C1CCOC2(CCC2)C1)C1CCCCS1. The Bertz CT molecular complexity index is 293. The van der Waals surface area contributed by atoms with Crippen LogP contribution in [0.15, 0.2) is 0 Å². The summed E-state index contributed by atoms with van der Waals surface area (Å²) < 4.78 is 5.91. The molecule has 2 aliphatic heterocycles. The zero-order valence-corrected chi connectivity index (χ0v) is 11.3. The van der Waals surface area contributed by atoms with Gasteiger partial charge in [-0.25, -0.2) is 0 Å². The van der Waals surface area contributed by atoms with Gasteiger partial charge in [0.15, 0.2) is 0 Å². The molecule has 3 aliphatic rings. The van der Waals surface area contributed by atoms with Gasteiger partial charge in [0.1, 0.15) is 5.78 Å². The smallest absolute Gasteiger partial charge is 0.149 e. The Kier molecular flexibility index (Phi) is 3.49. The first-order valence-electron chi connectivity index (χ1n) is 7.08. The Balaban J connectivity index is 1.60. The first-order valence-corrected chi connectivity index (χ1v) is 8.13. The van der Waals surface area contributed by atoms with Gasteiger partial charge in [0, 0.05) is 12.5 Å². The Labute approximate surface area is 108 Å². The number of hydrogen-bond donors (Lipinski definition) is 0. The third-order valence-electron chi connectivity index (χ3n) is 4.66. The fourth-order valence-corrected chi connectivity index (χ4v) is 4.76. The first-order chi connectivity index (χ1) is 8.29. The number of rotatable bonds is 2. The largest absolute Gasteiger partial charge is 0.375 e. The molecule has 1 aliphatic carbocycles. The van der Waals surface area contributed by atoms with Crippen LogP contribution in [0.4, 0.5) is 0 Å². The van der Waals surface area contributed by atoms with E-state index in [-0.39, 0.29) is 5.60 Å². The maximum Gasteiger partial charge on any atom is 0.149 e. The van der Waals surface area contributed by atoms with Crippen molar-refractivity contribution in [2.45, 2.75) is 62.2 Å². The fourth-order valence-electron chi connectivity index (χ4n) is 3.42. The Morgan fingerprint density at radius 3 is 2.71 bits per heavy atom. The molecule has 2 saturated heterocycles. The van der Waals surface area contributed by atoms with Crippen molar-refractivity contribution >= 4 is 17.5 Å². The molecule has 1 spiro atoms. The normalized spacial score (nSPS) is 36.5. The van der Waals surface area contributed by atoms with Crippen molar-refractivity contribution in [1.82, 2.24) is 0 Å². The second-order valence-corrected chi connectivity index (χ2v) is 7.14. The highest BCUT2D eigenvalue weighted by atomic mass is 32.2. The van der Waals surface area contributed by atoms with Crippen molar-refractivity contribution in [3.05, 3.63) is 0 Å². The predicted molar refractivity (Wildman–Crippen MR) is 70.4 cm³/mol. The van der Waals surface area contributed by atoms with Crippen molar-refractivity contribution in [3.8, 4) is 0 Å². The van der Waals surface area contributed by atoms with E-state index in [0.717, 1.165) is 25.9 Å². The molecule has 3 rings (SSSR count). The molecular formula is C14H22O2S. The van der Waals surface area contributed by atoms with Gasteiger partial charge in [-0.05, 0) is 50.7 Å². The van der Waals surface area contributed by atoms with Gasteiger partial charge < -0.3 is 4.74 Å². The summed E-state index contributed by atoms with van der Waals surface area (Å²) in [6.07, 6.45) is 9.32. The van der Waals surface area contributed by atoms with Crippen molar-refractivity contribution < 1.29 is 9.53 Å². The molecule has 0 bridgehead atoms. The van der Waals surface area contributed by atoms with E-state index in [2.05, 4.69) is 0 Å². The summed E-state index contributed by atoms with van der Waals surface area (Å²) in [6, 6.07) is 0. The molecule has 2 unspecified atom stereocenters. The maximum absolute atomic E-state index is 12.5. The quantitative estimate of drug-likeness (QED) is 0.757. The lowest BCUT2D eigenvalue weighted by Gasteiger charge is -2.47. The average molecular weight is 254 g/mol. The van der Waals surface area contributed by atoms with Crippen LogP contribution in [-0.2, 0) is 9.53 Å². The Morgan fingerprint density at radius 1 is 1.18 bits per heavy atom. The highest BCUT2D eigenvalue weighted by Crippen LogP contribution is 2.45. The third kappa shape index (κ3) is 2.41. The lowest BCUT2D eigenvalue weighted by Crippen LogP contribution is -2.48. The van der Waals surface area contributed by atoms with Crippen molar-refractivity contribution in [1.29, 1.82) is 0 Å². The summed E-state index contributed by atoms with van der Waals surface area (Å²) in [4.78, 5) is 12.5. The van der Waals surface area contributed by atoms with E-state index in [1.165, 1.54) is 37.9 Å². The van der Waals surface area contributed by atoms with Crippen LogP contribution in [0.3, 0.4) is 0 Å². The summed E-state index contributed by atoms with van der Waals surface area (Å²) in [7, 11) is 0. The molecule has 0 aromatic carbocycles. The van der Waals surface area contributed by atoms with Crippen LogP contribution in [0.5, 0.6) is 0 Å². The third-order valence-corrected chi connectivity index (χ3v) is 6.05. The monoisotopic (exact) mass is 254 g/mol. The van der Waals surface area contributed by atoms with Crippen molar-refractivity contribution in [3.63, 3.8) is 0 Å². The molecule has 1 saturated carbocycles.